The third kappa shape index (κ3) is 2.17. The molecule has 4 atom stereocenters. The third-order valence-electron chi connectivity index (χ3n) is 4.23. The summed E-state index contributed by atoms with van der Waals surface area (Å²) >= 11 is 8.11. The van der Waals surface area contributed by atoms with Crippen molar-refractivity contribution in [2.24, 2.45) is 11.3 Å². The number of likely N-dealkylation sites (tertiary alicyclic amines) is 1. The number of carbonyl (C=O) groups is 3. The number of fused-ring (bicyclic) bond motifs is 2. The lowest BCUT2D eigenvalue weighted by Gasteiger charge is -2.44. The normalized spacial score (nSPS) is 37.2. The van der Waals surface area contributed by atoms with E-state index in [0.29, 0.717) is 4.32 Å². The van der Waals surface area contributed by atoms with Gasteiger partial charge in [0.05, 0.1) is 16.5 Å². The zero-order valence-electron chi connectivity index (χ0n) is 11.4. The van der Waals surface area contributed by atoms with Gasteiger partial charge in [0.2, 0.25) is 11.8 Å². The molecule has 0 aromatic rings. The van der Waals surface area contributed by atoms with Crippen LogP contribution in [0, 0.1) is 11.3 Å². The molecule has 0 spiro atoms. The number of hydrogen-bond acceptors (Lipinski definition) is 6. The van der Waals surface area contributed by atoms with Crippen LogP contribution in [0.1, 0.15) is 13.8 Å². The van der Waals surface area contributed by atoms with E-state index in [9.17, 15) is 14.4 Å². The molecule has 0 saturated carbocycles. The van der Waals surface area contributed by atoms with E-state index in [1.807, 2.05) is 13.8 Å². The Morgan fingerprint density at radius 3 is 2.71 bits per heavy atom. The molecular weight excluding hydrogens is 332 g/mol. The Hall–Kier alpha value is -0.800. The second-order valence-corrected chi connectivity index (χ2v) is 9.01. The first-order valence-electron chi connectivity index (χ1n) is 6.43. The molecule has 0 bridgehead atoms. The van der Waals surface area contributed by atoms with Crippen molar-refractivity contribution in [1.29, 1.82) is 0 Å². The van der Waals surface area contributed by atoms with E-state index in [4.69, 9.17) is 17.3 Å². The number of thiocarbonyl (C=S) groups is 1. The summed E-state index contributed by atoms with van der Waals surface area (Å²) in [4.78, 5) is 36.7. The topological polar surface area (TPSA) is 86.7 Å². The zero-order chi connectivity index (χ0) is 15.5. The van der Waals surface area contributed by atoms with Gasteiger partial charge >= 0.3 is 5.97 Å². The lowest BCUT2D eigenvalue weighted by Crippen LogP contribution is -2.52. The molecule has 0 unspecified atom stereocenters. The molecule has 0 aromatic heterocycles. The maximum absolute atomic E-state index is 12.5. The zero-order valence-corrected chi connectivity index (χ0v) is 13.8. The minimum Gasteiger partial charge on any atom is -0.480 e. The first-order chi connectivity index (χ1) is 9.73. The molecule has 2 N–H and O–H groups in total. The molecule has 3 heterocycles. The van der Waals surface area contributed by atoms with E-state index < -0.39 is 35.0 Å². The highest BCUT2D eigenvalue weighted by Crippen LogP contribution is 2.56. The summed E-state index contributed by atoms with van der Waals surface area (Å²) in [6, 6.07) is 0. The van der Waals surface area contributed by atoms with Gasteiger partial charge in [-0.25, -0.2) is 0 Å². The second kappa shape index (κ2) is 4.85. The van der Waals surface area contributed by atoms with Crippen molar-refractivity contribution < 1.29 is 19.5 Å². The fraction of sp³-hybridized carbons (Fsp3) is 0.667. The number of nitrogens with one attached hydrogen (secondary N) is 1. The van der Waals surface area contributed by atoms with Crippen molar-refractivity contribution in [3.8, 4) is 0 Å². The van der Waals surface area contributed by atoms with E-state index >= 15 is 0 Å². The highest BCUT2D eigenvalue weighted by Gasteiger charge is 2.63. The van der Waals surface area contributed by atoms with Crippen LogP contribution in [0.4, 0.5) is 0 Å². The molecule has 2 amide bonds. The van der Waals surface area contributed by atoms with Crippen LogP contribution in [0.2, 0.25) is 0 Å². The second-order valence-electron chi connectivity index (χ2n) is 5.90. The smallest absolute Gasteiger partial charge is 0.323 e. The number of carboxylic acid groups (broad SMARTS) is 1. The van der Waals surface area contributed by atoms with Gasteiger partial charge in [-0.1, -0.05) is 37.8 Å². The number of nitrogens with zero attached hydrogens (tertiary/aromatic N) is 1. The van der Waals surface area contributed by atoms with Gasteiger partial charge in [0.1, 0.15) is 10.9 Å². The number of imide groups is 1. The van der Waals surface area contributed by atoms with Crippen LogP contribution in [0.3, 0.4) is 0 Å². The Labute approximate surface area is 135 Å². The van der Waals surface area contributed by atoms with E-state index in [1.54, 1.807) is 0 Å². The van der Waals surface area contributed by atoms with Crippen LogP contribution in [-0.2, 0) is 14.4 Å². The van der Waals surface area contributed by atoms with Crippen molar-refractivity contribution in [1.82, 2.24) is 10.2 Å². The number of rotatable bonds is 2. The minimum absolute atomic E-state index is 0.0136. The lowest BCUT2D eigenvalue weighted by molar-refractivity contribution is -0.149. The van der Waals surface area contributed by atoms with Crippen molar-refractivity contribution in [3.63, 3.8) is 0 Å². The molecule has 9 heteroatoms. The van der Waals surface area contributed by atoms with Crippen molar-refractivity contribution in [3.05, 3.63) is 0 Å². The van der Waals surface area contributed by atoms with Gasteiger partial charge in [-0.2, -0.15) is 0 Å². The summed E-state index contributed by atoms with van der Waals surface area (Å²) in [5.41, 5.74) is -0.432. The van der Waals surface area contributed by atoms with Gasteiger partial charge in [-0.05, 0) is 5.41 Å². The standard InChI is InChI=1S/C12H14N2O4S3/c1-12(2)5-6(20-8-7(12)21-11(19)13-8)10(18)14(9(5)17)3-4(15)16/h5-8H,3H2,1-2H3,(H,13,19)(H,15,16)/t5-,6-,7-,8+/m0/s1. The van der Waals surface area contributed by atoms with Gasteiger partial charge < -0.3 is 10.4 Å². The molecule has 0 aliphatic carbocycles. The highest BCUT2D eigenvalue weighted by atomic mass is 32.2. The molecule has 21 heavy (non-hydrogen) atoms. The Morgan fingerprint density at radius 2 is 2.10 bits per heavy atom. The maximum atomic E-state index is 12.5. The van der Waals surface area contributed by atoms with Crippen LogP contribution in [-0.4, -0.2) is 54.5 Å². The molecule has 3 aliphatic heterocycles. The lowest BCUT2D eigenvalue weighted by atomic mass is 9.74. The van der Waals surface area contributed by atoms with Gasteiger partial charge in [-0.3, -0.25) is 19.3 Å². The Kier molecular flexibility index (Phi) is 3.49. The number of aliphatic carboxylic acids is 1. The summed E-state index contributed by atoms with van der Waals surface area (Å²) in [6.45, 7) is 3.36. The first-order valence-corrected chi connectivity index (χ1v) is 8.66. The summed E-state index contributed by atoms with van der Waals surface area (Å²) < 4.78 is 0.688. The number of carbonyl (C=O) groups excluding carboxylic acids is 2. The summed E-state index contributed by atoms with van der Waals surface area (Å²) in [7, 11) is 0. The Bertz CT molecular complexity index is 565. The van der Waals surface area contributed by atoms with Gasteiger partial charge in [-0.15, -0.1) is 11.8 Å². The Morgan fingerprint density at radius 1 is 1.43 bits per heavy atom. The molecule has 3 aliphatic rings. The Balaban J connectivity index is 1.95. The van der Waals surface area contributed by atoms with Crippen molar-refractivity contribution in [2.45, 2.75) is 29.7 Å². The predicted molar refractivity (Wildman–Crippen MR) is 83.9 cm³/mol. The van der Waals surface area contributed by atoms with Crippen LogP contribution in [0.25, 0.3) is 0 Å². The monoisotopic (exact) mass is 346 g/mol. The highest BCUT2D eigenvalue weighted by molar-refractivity contribution is 8.24. The molecule has 3 fully saturated rings. The van der Waals surface area contributed by atoms with E-state index in [-0.39, 0.29) is 16.5 Å². The van der Waals surface area contributed by atoms with Gasteiger partial charge in [0, 0.05) is 5.25 Å². The number of carboxylic acids is 1. The predicted octanol–water partition coefficient (Wildman–Crippen LogP) is 0.514. The van der Waals surface area contributed by atoms with E-state index in [1.165, 1.54) is 23.5 Å². The third-order valence-corrected chi connectivity index (χ3v) is 7.73. The van der Waals surface area contributed by atoms with Crippen molar-refractivity contribution in [2.75, 3.05) is 6.54 Å². The molecular formula is C12H14N2O4S3. The van der Waals surface area contributed by atoms with E-state index in [2.05, 4.69) is 5.32 Å². The molecule has 0 aromatic carbocycles. The largest absolute Gasteiger partial charge is 0.480 e. The average molecular weight is 346 g/mol. The average Bonchev–Trinajstić information content (AvgIpc) is 2.84. The van der Waals surface area contributed by atoms with E-state index in [0.717, 1.165) is 4.90 Å². The SMILES string of the molecule is CC1(C)[C@@H]2C(=O)N(CC(=O)O)C(=O)[C@H]2S[C@H]2NC(=S)S[C@@H]21. The van der Waals surface area contributed by atoms with Crippen molar-refractivity contribution >= 4 is 57.8 Å². The molecule has 0 radical (unpaired) electrons. The molecule has 3 saturated heterocycles. The van der Waals surface area contributed by atoms with Gasteiger partial charge in [0.15, 0.2) is 0 Å². The van der Waals surface area contributed by atoms with Crippen LogP contribution in [0.15, 0.2) is 0 Å². The fourth-order valence-electron chi connectivity index (χ4n) is 3.22. The quantitative estimate of drug-likeness (QED) is 0.553. The van der Waals surface area contributed by atoms with Crippen LogP contribution < -0.4 is 5.32 Å². The minimum atomic E-state index is -1.17. The van der Waals surface area contributed by atoms with Crippen LogP contribution in [0.5, 0.6) is 0 Å². The maximum Gasteiger partial charge on any atom is 0.323 e. The number of amides is 2. The summed E-state index contributed by atoms with van der Waals surface area (Å²) in [5, 5.41) is 11.6. The molecule has 114 valence electrons. The first kappa shape index (κ1) is 15.1. The molecule has 6 nitrogen and oxygen atoms in total. The fourth-order valence-corrected chi connectivity index (χ4v) is 7.10. The summed E-state index contributed by atoms with van der Waals surface area (Å²) in [5.74, 6) is -2.44. The van der Waals surface area contributed by atoms with Gasteiger partial charge in [0.25, 0.3) is 0 Å². The number of hydrogen-bond donors (Lipinski definition) is 2. The number of thioether (sulfide) groups is 2. The summed E-state index contributed by atoms with van der Waals surface area (Å²) in [6.07, 6.45) is 0. The molecule has 3 rings (SSSR count). The van der Waals surface area contributed by atoms with Crippen LogP contribution >= 0.6 is 35.7 Å².